The number of nitrogens with zero attached hydrogens (tertiary/aromatic N) is 3. The molecule has 3 aromatic rings. The van der Waals surface area contributed by atoms with Gasteiger partial charge >= 0.3 is 0 Å². The van der Waals surface area contributed by atoms with Crippen LogP contribution in [-0.4, -0.2) is 21.8 Å². The molecule has 0 fully saturated rings. The minimum Gasteiger partial charge on any atom is -0.316 e. The first-order chi connectivity index (χ1) is 9.70. The van der Waals surface area contributed by atoms with E-state index < -0.39 is 0 Å². The third-order valence-electron chi connectivity index (χ3n) is 3.43. The van der Waals surface area contributed by atoms with Gasteiger partial charge in [-0.05, 0) is 37.9 Å². The molecule has 0 saturated heterocycles. The number of hydrogen-bond acceptors (Lipinski definition) is 3. The zero-order valence-electron chi connectivity index (χ0n) is 12.0. The maximum Gasteiger partial charge on any atom is 0.161 e. The Balaban J connectivity index is 2.27. The number of benzene rings is 1. The van der Waals surface area contributed by atoms with E-state index in [0.29, 0.717) is 0 Å². The van der Waals surface area contributed by atoms with Gasteiger partial charge in [0.05, 0.1) is 5.69 Å². The number of fused-ring (bicyclic) bond motifs is 1. The van der Waals surface area contributed by atoms with Gasteiger partial charge in [0.1, 0.15) is 0 Å². The van der Waals surface area contributed by atoms with Gasteiger partial charge in [-0.3, -0.25) is 0 Å². The van der Waals surface area contributed by atoms with Crippen LogP contribution in [0.15, 0.2) is 36.5 Å². The fourth-order valence-electron chi connectivity index (χ4n) is 2.58. The van der Waals surface area contributed by atoms with Crippen molar-refractivity contribution in [3.63, 3.8) is 0 Å². The molecule has 2 aromatic heterocycles. The van der Waals surface area contributed by atoms with Crippen LogP contribution < -0.4 is 5.32 Å². The quantitative estimate of drug-likeness (QED) is 0.792. The molecule has 0 aliphatic rings. The van der Waals surface area contributed by atoms with Crippen LogP contribution >= 0.6 is 0 Å². The van der Waals surface area contributed by atoms with Crippen molar-refractivity contribution in [2.75, 3.05) is 7.05 Å². The van der Waals surface area contributed by atoms with Crippen LogP contribution in [0.5, 0.6) is 0 Å². The Bertz CT molecular complexity index is 758. The second kappa shape index (κ2) is 5.06. The minimum absolute atomic E-state index is 0.810. The molecule has 1 aromatic carbocycles. The lowest BCUT2D eigenvalue weighted by molar-refractivity contribution is 0.798. The Morgan fingerprint density at radius 2 is 1.90 bits per heavy atom. The number of pyridine rings is 1. The number of aryl methyl sites for hydroxylation is 2. The maximum absolute atomic E-state index is 4.63. The van der Waals surface area contributed by atoms with Gasteiger partial charge in [-0.25, -0.2) is 9.67 Å². The van der Waals surface area contributed by atoms with Crippen LogP contribution in [0, 0.1) is 13.8 Å². The molecular weight excluding hydrogens is 248 g/mol. The molecule has 0 saturated carbocycles. The highest BCUT2D eigenvalue weighted by molar-refractivity contribution is 5.91. The van der Waals surface area contributed by atoms with Crippen LogP contribution in [0.3, 0.4) is 0 Å². The van der Waals surface area contributed by atoms with E-state index in [0.717, 1.165) is 29.1 Å². The molecule has 0 radical (unpaired) electrons. The van der Waals surface area contributed by atoms with Crippen LogP contribution in [0.2, 0.25) is 0 Å². The molecule has 4 heteroatoms. The molecule has 3 rings (SSSR count). The van der Waals surface area contributed by atoms with Crippen molar-refractivity contribution >= 4 is 10.8 Å². The van der Waals surface area contributed by atoms with E-state index in [4.69, 9.17) is 0 Å². The third-order valence-corrected chi connectivity index (χ3v) is 3.43. The van der Waals surface area contributed by atoms with E-state index in [-0.39, 0.29) is 0 Å². The fraction of sp³-hybridized carbons (Fsp3) is 0.250. The summed E-state index contributed by atoms with van der Waals surface area (Å²) in [6, 6.07) is 10.4. The Morgan fingerprint density at radius 1 is 1.15 bits per heavy atom. The number of rotatable bonds is 3. The summed E-state index contributed by atoms with van der Waals surface area (Å²) in [5, 5.41) is 10.1. The summed E-state index contributed by atoms with van der Waals surface area (Å²) in [6.45, 7) is 4.87. The summed E-state index contributed by atoms with van der Waals surface area (Å²) in [5.41, 5.74) is 3.31. The first-order valence-corrected chi connectivity index (χ1v) is 6.75. The van der Waals surface area contributed by atoms with Crippen LogP contribution in [0.4, 0.5) is 0 Å². The predicted octanol–water partition coefficient (Wildman–Crippen LogP) is 2.76. The minimum atomic E-state index is 0.810. The molecule has 0 spiro atoms. The van der Waals surface area contributed by atoms with E-state index in [1.54, 1.807) is 0 Å². The summed E-state index contributed by atoms with van der Waals surface area (Å²) in [5.74, 6) is 0.894. The normalized spacial score (nSPS) is 11.2. The van der Waals surface area contributed by atoms with Gasteiger partial charge in [0.2, 0.25) is 0 Å². The smallest absolute Gasteiger partial charge is 0.161 e. The monoisotopic (exact) mass is 266 g/mol. The molecule has 0 atom stereocenters. The summed E-state index contributed by atoms with van der Waals surface area (Å²) >= 11 is 0. The van der Waals surface area contributed by atoms with Gasteiger partial charge in [-0.2, -0.15) is 5.10 Å². The summed E-state index contributed by atoms with van der Waals surface area (Å²) in [4.78, 5) is 4.63. The topological polar surface area (TPSA) is 42.7 Å². The van der Waals surface area contributed by atoms with E-state index in [9.17, 15) is 0 Å². The van der Waals surface area contributed by atoms with Crippen molar-refractivity contribution in [3.8, 4) is 5.82 Å². The molecule has 0 unspecified atom stereocenters. The lowest BCUT2D eigenvalue weighted by Gasteiger charge is -2.11. The predicted molar refractivity (Wildman–Crippen MR) is 81.1 cm³/mol. The van der Waals surface area contributed by atoms with Crippen LogP contribution in [0.25, 0.3) is 16.6 Å². The van der Waals surface area contributed by atoms with Gasteiger partial charge in [0.15, 0.2) is 5.82 Å². The second-order valence-electron chi connectivity index (χ2n) is 5.02. The van der Waals surface area contributed by atoms with Crippen molar-refractivity contribution < 1.29 is 0 Å². The Morgan fingerprint density at radius 3 is 2.55 bits per heavy atom. The standard InChI is InChI=1S/C16H18N4/c1-11-8-12(2)20(19-11)16-15-7-5-4-6-14(15)13(9-17-3)10-18-16/h4-8,10,17H,9H2,1-3H3. The Hall–Kier alpha value is -2.20. The molecule has 0 aliphatic carbocycles. The van der Waals surface area contributed by atoms with Crippen LogP contribution in [-0.2, 0) is 6.54 Å². The van der Waals surface area contributed by atoms with Gasteiger partial charge in [0, 0.05) is 23.8 Å². The molecule has 4 nitrogen and oxygen atoms in total. The molecule has 0 aliphatic heterocycles. The fourth-order valence-corrected chi connectivity index (χ4v) is 2.58. The van der Waals surface area contributed by atoms with E-state index in [1.165, 1.54) is 10.9 Å². The number of nitrogens with one attached hydrogen (secondary N) is 1. The van der Waals surface area contributed by atoms with E-state index in [1.807, 2.05) is 30.9 Å². The zero-order chi connectivity index (χ0) is 14.1. The Kier molecular flexibility index (Phi) is 3.24. The molecule has 1 N–H and O–H groups in total. The third kappa shape index (κ3) is 2.08. The van der Waals surface area contributed by atoms with Gasteiger partial charge in [-0.1, -0.05) is 24.3 Å². The summed E-state index contributed by atoms with van der Waals surface area (Å²) in [7, 11) is 1.95. The Labute approximate surface area is 118 Å². The summed E-state index contributed by atoms with van der Waals surface area (Å²) in [6.07, 6.45) is 1.94. The second-order valence-corrected chi connectivity index (χ2v) is 5.02. The van der Waals surface area contributed by atoms with Gasteiger partial charge in [-0.15, -0.1) is 0 Å². The van der Waals surface area contributed by atoms with Gasteiger partial charge < -0.3 is 5.32 Å². The average Bonchev–Trinajstić information content (AvgIpc) is 2.78. The van der Waals surface area contributed by atoms with Gasteiger partial charge in [0.25, 0.3) is 0 Å². The highest BCUT2D eigenvalue weighted by Gasteiger charge is 2.11. The van der Waals surface area contributed by atoms with Crippen molar-refractivity contribution in [2.24, 2.45) is 0 Å². The molecule has 102 valence electrons. The summed E-state index contributed by atoms with van der Waals surface area (Å²) < 4.78 is 1.92. The highest BCUT2D eigenvalue weighted by atomic mass is 15.3. The first-order valence-electron chi connectivity index (χ1n) is 6.75. The maximum atomic E-state index is 4.63. The largest absolute Gasteiger partial charge is 0.316 e. The SMILES string of the molecule is CNCc1cnc(-n2nc(C)cc2C)c2ccccc12. The molecule has 20 heavy (non-hydrogen) atoms. The zero-order valence-corrected chi connectivity index (χ0v) is 12.0. The molecule has 0 bridgehead atoms. The number of aromatic nitrogens is 3. The average molecular weight is 266 g/mol. The van der Waals surface area contributed by atoms with E-state index in [2.05, 4.69) is 46.6 Å². The van der Waals surface area contributed by atoms with Crippen molar-refractivity contribution in [1.29, 1.82) is 0 Å². The van der Waals surface area contributed by atoms with Crippen molar-refractivity contribution in [3.05, 3.63) is 53.5 Å². The number of hydrogen-bond donors (Lipinski definition) is 1. The lowest BCUT2D eigenvalue weighted by Crippen LogP contribution is -2.08. The molecular formula is C16H18N4. The van der Waals surface area contributed by atoms with Crippen LogP contribution in [0.1, 0.15) is 17.0 Å². The molecule has 0 amide bonds. The van der Waals surface area contributed by atoms with Crippen molar-refractivity contribution in [2.45, 2.75) is 20.4 Å². The first kappa shape index (κ1) is 12.8. The van der Waals surface area contributed by atoms with Crippen molar-refractivity contribution in [1.82, 2.24) is 20.1 Å². The molecule has 2 heterocycles. The lowest BCUT2D eigenvalue weighted by atomic mass is 10.1. The highest BCUT2D eigenvalue weighted by Crippen LogP contribution is 2.24. The van der Waals surface area contributed by atoms with E-state index >= 15 is 0 Å².